The van der Waals surface area contributed by atoms with Crippen LogP contribution in [-0.4, -0.2) is 75.5 Å². The van der Waals surface area contributed by atoms with Crippen LogP contribution in [0.2, 0.25) is 0 Å². The number of likely N-dealkylation sites (N-methyl/N-ethyl adjacent to an activating group) is 1. The molecule has 0 fully saturated rings. The third kappa shape index (κ3) is 41.9. The van der Waals surface area contributed by atoms with Crippen molar-refractivity contribution in [2.75, 3.05) is 41.0 Å². The fourth-order valence-electron chi connectivity index (χ4n) is 6.91. The molecular formula is C53H91NO7. The number of carboxylic acids is 1. The molecule has 350 valence electrons. The number of aliphatic carboxylic acids is 1. The van der Waals surface area contributed by atoms with Gasteiger partial charge >= 0.3 is 11.9 Å². The van der Waals surface area contributed by atoms with Crippen LogP contribution in [0.3, 0.4) is 0 Å². The third-order valence-corrected chi connectivity index (χ3v) is 10.7. The number of carboxylic acid groups (broad SMARTS) is 1. The Morgan fingerprint density at radius 3 is 1.43 bits per heavy atom. The lowest BCUT2D eigenvalue weighted by Gasteiger charge is -2.34. The summed E-state index contributed by atoms with van der Waals surface area (Å²) < 4.78 is 17.2. The zero-order chi connectivity index (χ0) is 44.9. The molecule has 2 atom stereocenters. The maximum Gasteiger partial charge on any atom is 0.306 e. The largest absolute Gasteiger partial charge is 0.544 e. The monoisotopic (exact) mass is 854 g/mol. The summed E-state index contributed by atoms with van der Waals surface area (Å²) in [4.78, 5) is 36.9. The first-order chi connectivity index (χ1) is 29.6. The fourth-order valence-corrected chi connectivity index (χ4v) is 6.91. The molecule has 0 saturated carbocycles. The summed E-state index contributed by atoms with van der Waals surface area (Å²) in [5.74, 6) is -1.80. The lowest BCUT2D eigenvalue weighted by Crippen LogP contribution is -2.55. The van der Waals surface area contributed by atoms with Crippen molar-refractivity contribution in [2.45, 2.75) is 206 Å². The van der Waals surface area contributed by atoms with Crippen LogP contribution in [0.4, 0.5) is 0 Å². The molecule has 0 amide bonds. The molecule has 0 rings (SSSR count). The van der Waals surface area contributed by atoms with Crippen molar-refractivity contribution >= 4 is 17.9 Å². The number of esters is 2. The van der Waals surface area contributed by atoms with Gasteiger partial charge in [0.2, 0.25) is 0 Å². The lowest BCUT2D eigenvalue weighted by atomic mass is 10.0. The summed E-state index contributed by atoms with van der Waals surface area (Å²) in [6.45, 7) is 4.47. The molecule has 61 heavy (non-hydrogen) atoms. The van der Waals surface area contributed by atoms with Gasteiger partial charge in [-0.25, -0.2) is 0 Å². The van der Waals surface area contributed by atoms with Gasteiger partial charge in [-0.3, -0.25) is 9.59 Å². The molecule has 0 heterocycles. The molecule has 0 aliphatic rings. The van der Waals surface area contributed by atoms with Crippen LogP contribution in [0, 0.1) is 0 Å². The van der Waals surface area contributed by atoms with Crippen molar-refractivity contribution < 1.29 is 38.2 Å². The Labute approximate surface area is 374 Å². The van der Waals surface area contributed by atoms with Crippen molar-refractivity contribution in [3.05, 3.63) is 72.9 Å². The summed E-state index contributed by atoms with van der Waals surface area (Å²) >= 11 is 0. The quantitative estimate of drug-likeness (QED) is 0.0198. The van der Waals surface area contributed by atoms with Gasteiger partial charge in [-0.05, 0) is 57.8 Å². The van der Waals surface area contributed by atoms with E-state index in [2.05, 4.69) is 38.2 Å². The van der Waals surface area contributed by atoms with E-state index < -0.39 is 18.1 Å². The highest BCUT2D eigenvalue weighted by atomic mass is 16.6. The van der Waals surface area contributed by atoms with Gasteiger partial charge in [0.1, 0.15) is 12.6 Å². The highest BCUT2D eigenvalue weighted by Gasteiger charge is 2.25. The zero-order valence-electron chi connectivity index (χ0n) is 39.8. The number of ether oxygens (including phenoxy) is 3. The number of carbonyl (C=O) groups is 3. The normalized spacial score (nSPS) is 13.5. The minimum atomic E-state index is -1.14. The van der Waals surface area contributed by atoms with Crippen LogP contribution in [0.5, 0.6) is 0 Å². The molecule has 0 aromatic rings. The topological polar surface area (TPSA) is 102 Å². The van der Waals surface area contributed by atoms with E-state index in [0.29, 0.717) is 12.8 Å². The summed E-state index contributed by atoms with van der Waals surface area (Å²) in [6, 6.07) is -0.738. The van der Waals surface area contributed by atoms with Crippen molar-refractivity contribution in [1.29, 1.82) is 0 Å². The first-order valence-corrected chi connectivity index (χ1v) is 24.5. The van der Waals surface area contributed by atoms with E-state index in [1.54, 1.807) is 21.1 Å². The predicted octanol–water partition coefficient (Wildman–Crippen LogP) is 12.6. The van der Waals surface area contributed by atoms with Crippen molar-refractivity contribution in [3.8, 4) is 0 Å². The summed E-state index contributed by atoms with van der Waals surface area (Å²) in [6.07, 6.45) is 55.1. The minimum absolute atomic E-state index is 0.0187. The Balaban J connectivity index is 4.30. The fraction of sp³-hybridized carbons (Fsp3) is 0.717. The second-order valence-electron chi connectivity index (χ2n) is 17.4. The molecule has 0 aromatic heterocycles. The first-order valence-electron chi connectivity index (χ1n) is 24.5. The van der Waals surface area contributed by atoms with Gasteiger partial charge in [0.15, 0.2) is 6.10 Å². The molecule has 2 unspecified atom stereocenters. The Hall–Kier alpha value is -3.23. The Morgan fingerprint density at radius 1 is 0.508 bits per heavy atom. The van der Waals surface area contributed by atoms with E-state index in [1.165, 1.54) is 109 Å². The molecule has 0 spiro atoms. The van der Waals surface area contributed by atoms with Crippen molar-refractivity contribution in [2.24, 2.45) is 0 Å². The number of quaternary nitrogens is 1. The van der Waals surface area contributed by atoms with E-state index in [0.717, 1.165) is 44.9 Å². The van der Waals surface area contributed by atoms with Gasteiger partial charge in [0.25, 0.3) is 0 Å². The smallest absolute Gasteiger partial charge is 0.306 e. The molecule has 0 saturated heterocycles. The average Bonchev–Trinajstić information content (AvgIpc) is 3.22. The summed E-state index contributed by atoms with van der Waals surface area (Å²) in [7, 11) is 5.39. The SMILES string of the molecule is CC/C=C/C=C/C=C/C=C/C=C/CCCCCC(=O)OC(COCCC(C(=O)[O-])[N+](C)(C)C)COC(=O)CCCCCCCCC/C=C/CCCCCCCCCCCCC. The third-order valence-electron chi connectivity index (χ3n) is 10.7. The van der Waals surface area contributed by atoms with Gasteiger partial charge in [-0.15, -0.1) is 0 Å². The van der Waals surface area contributed by atoms with E-state index in [-0.39, 0.29) is 49.1 Å². The highest BCUT2D eigenvalue weighted by Crippen LogP contribution is 2.14. The maximum atomic E-state index is 12.7. The molecule has 0 aliphatic heterocycles. The summed E-state index contributed by atoms with van der Waals surface area (Å²) in [5, 5.41) is 11.6. The molecule has 8 nitrogen and oxygen atoms in total. The first kappa shape index (κ1) is 57.8. The molecule has 0 aromatic carbocycles. The second-order valence-corrected chi connectivity index (χ2v) is 17.4. The van der Waals surface area contributed by atoms with Crippen LogP contribution in [0.25, 0.3) is 0 Å². The Bertz CT molecular complexity index is 1230. The van der Waals surface area contributed by atoms with E-state index in [9.17, 15) is 19.5 Å². The molecule has 0 bridgehead atoms. The number of rotatable bonds is 43. The molecule has 0 radical (unpaired) electrons. The van der Waals surface area contributed by atoms with E-state index in [4.69, 9.17) is 14.2 Å². The van der Waals surface area contributed by atoms with Gasteiger partial charge < -0.3 is 28.6 Å². The van der Waals surface area contributed by atoms with Crippen LogP contribution < -0.4 is 5.11 Å². The van der Waals surface area contributed by atoms with Crippen LogP contribution in [-0.2, 0) is 28.6 Å². The number of allylic oxidation sites excluding steroid dienone is 12. The zero-order valence-corrected chi connectivity index (χ0v) is 39.8. The lowest BCUT2D eigenvalue weighted by molar-refractivity contribution is -0.889. The van der Waals surface area contributed by atoms with E-state index >= 15 is 0 Å². The van der Waals surface area contributed by atoms with Gasteiger partial charge in [0.05, 0.1) is 40.3 Å². The Kier molecular flexibility index (Phi) is 41.1. The second kappa shape index (κ2) is 43.4. The maximum absolute atomic E-state index is 12.7. The van der Waals surface area contributed by atoms with Gasteiger partial charge in [-0.2, -0.15) is 0 Å². The standard InChI is InChI=1S/C53H91NO7/c1-6-8-10-12-14-16-18-20-22-23-24-25-26-27-28-30-31-33-35-37-39-41-43-51(55)60-48-49(47-59-46-45-50(53(57)58)54(3,4)5)61-52(56)44-42-40-38-36-34-32-29-21-19-17-15-13-11-9-7-2/h9,11,13,15,17,19,21,26-27,29,32,34,49-50H,6-8,10,12,14,16,18,20,22-25,28,30-31,33,35-48H2,1-5H3/b11-9+,15-13+,19-17+,27-26+,29-21+,34-32+. The van der Waals surface area contributed by atoms with Gasteiger partial charge in [-0.1, -0.05) is 189 Å². The number of carbonyl (C=O) groups excluding carboxylic acids is 3. The van der Waals surface area contributed by atoms with Crippen LogP contribution in [0.1, 0.15) is 194 Å². The van der Waals surface area contributed by atoms with Gasteiger partial charge in [0, 0.05) is 19.3 Å². The molecule has 0 aliphatic carbocycles. The number of unbranched alkanes of at least 4 members (excludes halogenated alkanes) is 21. The Morgan fingerprint density at radius 2 is 0.934 bits per heavy atom. The van der Waals surface area contributed by atoms with Crippen molar-refractivity contribution in [3.63, 3.8) is 0 Å². The molecular weight excluding hydrogens is 763 g/mol. The number of hydrogen-bond donors (Lipinski definition) is 0. The molecule has 8 heteroatoms. The average molecular weight is 854 g/mol. The van der Waals surface area contributed by atoms with Crippen LogP contribution in [0.15, 0.2) is 72.9 Å². The summed E-state index contributed by atoms with van der Waals surface area (Å²) in [5.41, 5.74) is 0. The number of nitrogens with zero attached hydrogens (tertiary/aromatic N) is 1. The highest BCUT2D eigenvalue weighted by molar-refractivity contribution is 5.70. The van der Waals surface area contributed by atoms with Crippen molar-refractivity contribution in [1.82, 2.24) is 0 Å². The molecule has 0 N–H and O–H groups in total. The minimum Gasteiger partial charge on any atom is -0.544 e. The number of hydrogen-bond acceptors (Lipinski definition) is 7. The van der Waals surface area contributed by atoms with E-state index in [1.807, 2.05) is 48.6 Å². The predicted molar refractivity (Wildman–Crippen MR) is 254 cm³/mol. The van der Waals surface area contributed by atoms with Crippen LogP contribution >= 0.6 is 0 Å².